The lowest BCUT2D eigenvalue weighted by Gasteiger charge is -2.24. The van der Waals surface area contributed by atoms with Crippen LogP contribution >= 0.6 is 0 Å². The molecule has 0 aliphatic carbocycles. The summed E-state index contributed by atoms with van der Waals surface area (Å²) in [5.41, 5.74) is 20.5. The number of hydrogen-bond acceptors (Lipinski definition) is 3. The van der Waals surface area contributed by atoms with Crippen molar-refractivity contribution in [3.8, 4) is 51.2 Å². The highest BCUT2D eigenvalue weighted by Gasteiger charge is 2.28. The molecule has 348 valence electrons. The van der Waals surface area contributed by atoms with Gasteiger partial charge in [-0.3, -0.25) is 13.7 Å². The smallest absolute Gasteiger partial charge is 0.145 e. The van der Waals surface area contributed by atoms with E-state index >= 15 is 0 Å². The molecule has 0 unspecified atom stereocenters. The lowest BCUT2D eigenvalue weighted by atomic mass is 9.91. The van der Waals surface area contributed by atoms with Crippen LogP contribution in [-0.2, 0) is 0 Å². The predicted octanol–water partition coefficient (Wildman–Crippen LogP) is 17.4. The highest BCUT2D eigenvalue weighted by Crippen LogP contribution is 2.44. The van der Waals surface area contributed by atoms with Crippen molar-refractivity contribution in [3.05, 3.63) is 179 Å². The average Bonchev–Trinajstić information content (AvgIpc) is 4.05. The van der Waals surface area contributed by atoms with Crippen molar-refractivity contribution in [3.63, 3.8) is 0 Å². The van der Waals surface area contributed by atoms with Crippen molar-refractivity contribution in [1.29, 1.82) is 0 Å². The Morgan fingerprint density at radius 3 is 0.710 bits per heavy atom. The zero-order chi connectivity index (χ0) is 48.4. The second-order valence-corrected chi connectivity index (χ2v) is 20.9. The summed E-state index contributed by atoms with van der Waals surface area (Å²) in [5.74, 6) is 4.33. The fraction of sp³-hybridized carbons (Fsp3) is 0.286. The summed E-state index contributed by atoms with van der Waals surface area (Å²) in [5, 5.41) is 0. The Kier molecular flexibility index (Phi) is 12.0. The first-order chi connectivity index (χ1) is 33.2. The fourth-order valence-electron chi connectivity index (χ4n) is 10.7. The zero-order valence-electron chi connectivity index (χ0n) is 42.5. The number of nitrogens with zero attached hydrogens (tertiary/aromatic N) is 6. The highest BCUT2D eigenvalue weighted by molar-refractivity contribution is 5.91. The molecule has 0 N–H and O–H groups in total. The molecule has 7 aromatic carbocycles. The standard InChI is InChI=1S/C63H66N6/c1-37(2)46-22-19-23-47(38(3)4)58(46)67-55-31-16-13-28-52(55)64-61(67)43-34-44(62-65-53-29-14-17-32-56(53)68(62)59-48(39(5)6)24-20-25-49(59)40(7)8)36-45(35-43)63-66-54-30-15-18-33-57(54)69(63)60-50(41(9)10)26-21-27-51(60)42(11)12/h13-42H,1-12H3. The van der Waals surface area contributed by atoms with Crippen LogP contribution in [0, 0.1) is 0 Å². The summed E-state index contributed by atoms with van der Waals surface area (Å²) in [6, 6.07) is 53.3. The van der Waals surface area contributed by atoms with E-state index in [1.54, 1.807) is 0 Å². The van der Waals surface area contributed by atoms with Gasteiger partial charge in [-0.25, -0.2) is 15.0 Å². The van der Waals surface area contributed by atoms with Crippen molar-refractivity contribution >= 4 is 33.1 Å². The molecule has 3 aromatic heterocycles. The van der Waals surface area contributed by atoms with Crippen LogP contribution in [0.15, 0.2) is 146 Å². The van der Waals surface area contributed by atoms with Crippen LogP contribution < -0.4 is 0 Å². The third-order valence-electron chi connectivity index (χ3n) is 14.1. The van der Waals surface area contributed by atoms with E-state index in [2.05, 4.69) is 242 Å². The molecule has 0 spiro atoms. The van der Waals surface area contributed by atoms with Crippen molar-refractivity contribution < 1.29 is 0 Å². The van der Waals surface area contributed by atoms with Crippen molar-refractivity contribution in [1.82, 2.24) is 28.7 Å². The molecule has 3 heterocycles. The minimum atomic E-state index is 0.279. The Morgan fingerprint density at radius 1 is 0.275 bits per heavy atom. The van der Waals surface area contributed by atoms with Gasteiger partial charge in [0.1, 0.15) is 17.5 Å². The third-order valence-corrected chi connectivity index (χ3v) is 14.1. The molecule has 69 heavy (non-hydrogen) atoms. The van der Waals surface area contributed by atoms with E-state index in [0.717, 1.165) is 67.3 Å². The normalized spacial score (nSPS) is 12.3. The van der Waals surface area contributed by atoms with Crippen molar-refractivity contribution in [2.24, 2.45) is 0 Å². The molecule has 0 atom stereocenters. The maximum atomic E-state index is 5.63. The summed E-state index contributed by atoms with van der Waals surface area (Å²) >= 11 is 0. The first-order valence-electron chi connectivity index (χ1n) is 25.2. The molecule has 0 bridgehead atoms. The number of aromatic nitrogens is 6. The van der Waals surface area contributed by atoms with Gasteiger partial charge in [0.15, 0.2) is 0 Å². The van der Waals surface area contributed by atoms with Gasteiger partial charge in [-0.1, -0.05) is 174 Å². The molecule has 0 fully saturated rings. The van der Waals surface area contributed by atoms with Gasteiger partial charge in [-0.15, -0.1) is 0 Å². The molecule has 6 nitrogen and oxygen atoms in total. The van der Waals surface area contributed by atoms with E-state index in [4.69, 9.17) is 15.0 Å². The molecule has 6 heteroatoms. The van der Waals surface area contributed by atoms with Gasteiger partial charge >= 0.3 is 0 Å². The van der Waals surface area contributed by atoms with Crippen LogP contribution in [0.5, 0.6) is 0 Å². The molecule has 10 rings (SSSR count). The lowest BCUT2D eigenvalue weighted by molar-refractivity contribution is 0.810. The summed E-state index contributed by atoms with van der Waals surface area (Å²) in [6.07, 6.45) is 0. The Hall–Kier alpha value is -7.05. The zero-order valence-corrected chi connectivity index (χ0v) is 42.5. The summed E-state index contributed by atoms with van der Waals surface area (Å²) in [7, 11) is 0. The first-order valence-corrected chi connectivity index (χ1v) is 25.2. The number of para-hydroxylation sites is 9. The number of benzene rings is 7. The number of rotatable bonds is 12. The Bertz CT molecular complexity index is 3070. The SMILES string of the molecule is CC(C)c1cccc(C(C)C)c1-n1c(-c2cc(-c3nc4ccccc4n3-c3c(C(C)C)cccc3C(C)C)cc(-c3nc4ccccc4n3-c3c(C(C)C)cccc3C(C)C)c2)nc2ccccc21. The molecule has 0 radical (unpaired) electrons. The maximum Gasteiger partial charge on any atom is 0.145 e. The molecular weight excluding hydrogens is 841 g/mol. The van der Waals surface area contributed by atoms with Crippen LogP contribution in [0.4, 0.5) is 0 Å². The van der Waals surface area contributed by atoms with Gasteiger partial charge in [-0.2, -0.15) is 0 Å². The average molecular weight is 907 g/mol. The van der Waals surface area contributed by atoms with Gasteiger partial charge in [0.25, 0.3) is 0 Å². The van der Waals surface area contributed by atoms with Gasteiger partial charge < -0.3 is 0 Å². The number of fused-ring (bicyclic) bond motifs is 3. The van der Waals surface area contributed by atoms with E-state index < -0.39 is 0 Å². The molecule has 0 aliphatic heterocycles. The van der Waals surface area contributed by atoms with Crippen LogP contribution in [0.2, 0.25) is 0 Å². The Morgan fingerprint density at radius 2 is 0.493 bits per heavy atom. The van der Waals surface area contributed by atoms with E-state index in [1.807, 2.05) is 0 Å². The van der Waals surface area contributed by atoms with Crippen LogP contribution in [0.3, 0.4) is 0 Å². The Balaban J connectivity index is 1.39. The lowest BCUT2D eigenvalue weighted by Crippen LogP contribution is -2.10. The van der Waals surface area contributed by atoms with E-state index in [1.165, 1.54) is 50.4 Å². The summed E-state index contributed by atoms with van der Waals surface area (Å²) < 4.78 is 7.35. The molecule has 0 saturated heterocycles. The minimum Gasteiger partial charge on any atom is -0.292 e. The number of hydrogen-bond donors (Lipinski definition) is 0. The van der Waals surface area contributed by atoms with Gasteiger partial charge in [0.2, 0.25) is 0 Å². The quantitative estimate of drug-likeness (QED) is 0.123. The molecular formula is C63H66N6. The fourth-order valence-corrected chi connectivity index (χ4v) is 10.7. The highest BCUT2D eigenvalue weighted by atomic mass is 15.1. The van der Waals surface area contributed by atoms with Crippen molar-refractivity contribution in [2.75, 3.05) is 0 Å². The minimum absolute atomic E-state index is 0.279. The summed E-state index contributed by atoms with van der Waals surface area (Å²) in [4.78, 5) is 16.9. The van der Waals surface area contributed by atoms with Crippen LogP contribution in [0.1, 0.15) is 152 Å². The van der Waals surface area contributed by atoms with E-state index in [0.29, 0.717) is 0 Å². The Labute approximate surface area is 408 Å². The molecule has 0 amide bonds. The summed E-state index contributed by atoms with van der Waals surface area (Å²) in [6.45, 7) is 27.6. The third kappa shape index (κ3) is 7.88. The van der Waals surface area contributed by atoms with Crippen molar-refractivity contribution in [2.45, 2.75) is 119 Å². The van der Waals surface area contributed by atoms with Gasteiger partial charge in [0, 0.05) is 16.7 Å². The second-order valence-electron chi connectivity index (χ2n) is 20.9. The predicted molar refractivity (Wildman–Crippen MR) is 291 cm³/mol. The first kappa shape index (κ1) is 45.7. The van der Waals surface area contributed by atoms with Crippen LogP contribution in [0.25, 0.3) is 84.3 Å². The number of imidazole rings is 3. The molecule has 10 aromatic rings. The van der Waals surface area contributed by atoms with Gasteiger partial charge in [0.05, 0.1) is 50.2 Å². The largest absolute Gasteiger partial charge is 0.292 e. The topological polar surface area (TPSA) is 53.5 Å². The van der Waals surface area contributed by atoms with Crippen LogP contribution in [-0.4, -0.2) is 28.7 Å². The monoisotopic (exact) mass is 907 g/mol. The second kappa shape index (κ2) is 18.1. The van der Waals surface area contributed by atoms with E-state index in [-0.39, 0.29) is 35.5 Å². The molecule has 0 aliphatic rings. The van der Waals surface area contributed by atoms with Gasteiger partial charge in [-0.05, 0) is 123 Å². The molecule has 0 saturated carbocycles. The maximum absolute atomic E-state index is 5.63. The van der Waals surface area contributed by atoms with E-state index in [9.17, 15) is 0 Å².